The van der Waals surface area contributed by atoms with Crippen molar-refractivity contribution in [2.75, 3.05) is 13.1 Å². The number of fused-ring (bicyclic) bond motifs is 1. The van der Waals surface area contributed by atoms with Crippen molar-refractivity contribution in [3.05, 3.63) is 30.2 Å². The predicted molar refractivity (Wildman–Crippen MR) is 109 cm³/mol. The first-order valence-corrected chi connectivity index (χ1v) is 12.3. The fourth-order valence-corrected chi connectivity index (χ4v) is 6.86. The molecule has 1 saturated heterocycles. The summed E-state index contributed by atoms with van der Waals surface area (Å²) in [7, 11) is -3.59. The van der Waals surface area contributed by atoms with Crippen molar-refractivity contribution in [1.82, 2.24) is 14.6 Å². The monoisotopic (exact) mass is 471 g/mol. The molecule has 1 N–H and O–H groups in total. The molecule has 2 saturated carbocycles. The molecule has 0 aromatic carbocycles. The molecule has 0 spiro atoms. The lowest BCUT2D eigenvalue weighted by atomic mass is 9.84. The van der Waals surface area contributed by atoms with Gasteiger partial charge in [0.05, 0.1) is 11.5 Å². The van der Waals surface area contributed by atoms with E-state index in [-0.39, 0.29) is 31.6 Å². The topological polar surface area (TPSA) is 92.5 Å². The van der Waals surface area contributed by atoms with Crippen molar-refractivity contribution in [3.63, 3.8) is 0 Å². The Labute approximate surface area is 183 Å². The van der Waals surface area contributed by atoms with Gasteiger partial charge in [0, 0.05) is 30.8 Å². The first-order valence-electron chi connectivity index (χ1n) is 10.8. The van der Waals surface area contributed by atoms with Crippen molar-refractivity contribution < 1.29 is 30.8 Å². The fourth-order valence-electron chi connectivity index (χ4n) is 4.77. The zero-order valence-corrected chi connectivity index (χ0v) is 18.1. The molecular weight excluding hydrogens is 447 g/mol. The molecule has 0 unspecified atom stereocenters. The standard InChI is InChI=1S/C21H24F3N3O4S/c22-21(23,24)20(5-6-20)26-19(28)14-10-15(11-14)32(29,30)27-8-3-13(4-9-27)16-12-31-17-2-1-7-25-18(16)17/h1-2,7,12-15H,3-6,8-11H2,(H,26,28)/t14-,15-. The van der Waals surface area contributed by atoms with Gasteiger partial charge in [-0.15, -0.1) is 0 Å². The van der Waals surface area contributed by atoms with Crippen molar-refractivity contribution in [3.8, 4) is 0 Å². The first kappa shape index (κ1) is 21.7. The smallest absolute Gasteiger partial charge is 0.411 e. The highest BCUT2D eigenvalue weighted by Crippen LogP contribution is 2.49. The second-order valence-corrected chi connectivity index (χ2v) is 11.3. The number of hydrogen-bond acceptors (Lipinski definition) is 5. The summed E-state index contributed by atoms with van der Waals surface area (Å²) in [6, 6.07) is 3.64. The molecule has 2 aromatic rings. The molecule has 174 valence electrons. The number of furan rings is 1. The summed E-state index contributed by atoms with van der Waals surface area (Å²) in [6.45, 7) is 0.716. The van der Waals surface area contributed by atoms with Gasteiger partial charge in [0.2, 0.25) is 15.9 Å². The van der Waals surface area contributed by atoms with Crippen molar-refractivity contribution in [2.24, 2.45) is 5.92 Å². The summed E-state index contributed by atoms with van der Waals surface area (Å²) in [4.78, 5) is 16.6. The molecular formula is C21H24F3N3O4S. The predicted octanol–water partition coefficient (Wildman–Crippen LogP) is 3.33. The van der Waals surface area contributed by atoms with E-state index in [0.717, 1.165) is 11.1 Å². The molecule has 0 bridgehead atoms. The third kappa shape index (κ3) is 3.59. The molecule has 1 amide bonds. The molecule has 3 aliphatic rings. The number of rotatable bonds is 5. The maximum Gasteiger partial charge on any atom is 0.411 e. The number of sulfonamides is 1. The normalized spacial score (nSPS) is 26.6. The number of piperidine rings is 1. The maximum absolute atomic E-state index is 13.0. The number of nitrogens with one attached hydrogen (secondary N) is 1. The Morgan fingerprint density at radius 2 is 1.91 bits per heavy atom. The van der Waals surface area contributed by atoms with Gasteiger partial charge in [0.15, 0.2) is 5.58 Å². The van der Waals surface area contributed by atoms with Crippen LogP contribution in [0.5, 0.6) is 0 Å². The van der Waals surface area contributed by atoms with Gasteiger partial charge in [-0.25, -0.2) is 12.7 Å². The van der Waals surface area contributed by atoms with Crippen LogP contribution in [0.3, 0.4) is 0 Å². The van der Waals surface area contributed by atoms with Crippen LogP contribution in [0.15, 0.2) is 29.0 Å². The molecule has 11 heteroatoms. The van der Waals surface area contributed by atoms with Crippen LogP contribution in [0.2, 0.25) is 0 Å². The maximum atomic E-state index is 13.0. The van der Waals surface area contributed by atoms with E-state index in [1.165, 1.54) is 4.31 Å². The number of amides is 1. The lowest BCUT2D eigenvalue weighted by Gasteiger charge is -2.40. The Bertz CT molecular complexity index is 1130. The number of halogens is 3. The molecule has 0 atom stereocenters. The van der Waals surface area contributed by atoms with Crippen LogP contribution in [0.4, 0.5) is 13.2 Å². The van der Waals surface area contributed by atoms with Crippen LogP contribution in [0.25, 0.3) is 11.1 Å². The number of carbonyl (C=O) groups excluding carboxylic acids is 1. The quantitative estimate of drug-likeness (QED) is 0.722. The van der Waals surface area contributed by atoms with E-state index in [1.807, 2.05) is 6.07 Å². The third-order valence-corrected chi connectivity index (χ3v) is 9.46. The molecule has 2 aromatic heterocycles. The molecule has 1 aliphatic heterocycles. The van der Waals surface area contributed by atoms with E-state index in [9.17, 15) is 26.4 Å². The van der Waals surface area contributed by atoms with E-state index in [1.54, 1.807) is 18.5 Å². The average Bonchev–Trinajstić information content (AvgIpc) is 3.37. The van der Waals surface area contributed by atoms with Crippen LogP contribution >= 0.6 is 0 Å². The van der Waals surface area contributed by atoms with Gasteiger partial charge >= 0.3 is 6.18 Å². The minimum atomic E-state index is -4.47. The number of alkyl halides is 3. The SMILES string of the molecule is O=C(NC1(C(F)(F)F)CC1)[C@H]1C[C@H](S(=O)(=O)N2CCC(c3coc4cccnc34)CC2)C1. The highest BCUT2D eigenvalue weighted by molar-refractivity contribution is 7.89. The summed E-state index contributed by atoms with van der Waals surface area (Å²) in [5, 5.41) is 1.39. The third-order valence-electron chi connectivity index (χ3n) is 7.15. The summed E-state index contributed by atoms with van der Waals surface area (Å²) in [5.41, 5.74) is 0.377. The van der Waals surface area contributed by atoms with Gasteiger partial charge < -0.3 is 9.73 Å². The molecule has 32 heavy (non-hydrogen) atoms. The van der Waals surface area contributed by atoms with Gasteiger partial charge in [-0.3, -0.25) is 9.78 Å². The molecule has 5 rings (SSSR count). The fraction of sp³-hybridized carbons (Fsp3) is 0.619. The summed E-state index contributed by atoms with van der Waals surface area (Å²) in [6.07, 6.45) is 0.0817. The van der Waals surface area contributed by atoms with Gasteiger partial charge in [0.25, 0.3) is 0 Å². The zero-order valence-electron chi connectivity index (χ0n) is 17.3. The van der Waals surface area contributed by atoms with E-state index >= 15 is 0 Å². The van der Waals surface area contributed by atoms with Crippen LogP contribution in [-0.2, 0) is 14.8 Å². The van der Waals surface area contributed by atoms with Gasteiger partial charge in [0.1, 0.15) is 11.1 Å². The average molecular weight is 472 g/mol. The first-order chi connectivity index (χ1) is 15.1. The summed E-state index contributed by atoms with van der Waals surface area (Å²) >= 11 is 0. The highest BCUT2D eigenvalue weighted by atomic mass is 32.2. The second kappa shape index (κ2) is 7.44. The number of carbonyl (C=O) groups is 1. The van der Waals surface area contributed by atoms with Crippen molar-refractivity contribution in [2.45, 2.75) is 61.4 Å². The second-order valence-electron chi connectivity index (χ2n) is 9.12. The molecule has 3 heterocycles. The minimum absolute atomic E-state index is 0.0678. The van der Waals surface area contributed by atoms with Crippen LogP contribution in [0, 0.1) is 5.92 Å². The minimum Gasteiger partial charge on any atom is -0.462 e. The van der Waals surface area contributed by atoms with Gasteiger partial charge in [-0.2, -0.15) is 13.2 Å². The highest BCUT2D eigenvalue weighted by Gasteiger charge is 2.65. The van der Waals surface area contributed by atoms with E-state index in [2.05, 4.69) is 10.3 Å². The Morgan fingerprint density at radius 1 is 1.22 bits per heavy atom. The molecule has 7 nitrogen and oxygen atoms in total. The summed E-state index contributed by atoms with van der Waals surface area (Å²) in [5.74, 6) is -1.23. The molecule has 3 fully saturated rings. The largest absolute Gasteiger partial charge is 0.462 e. The lowest BCUT2D eigenvalue weighted by Crippen LogP contribution is -2.55. The Kier molecular flexibility index (Phi) is 5.05. The lowest BCUT2D eigenvalue weighted by molar-refractivity contribution is -0.172. The van der Waals surface area contributed by atoms with Crippen LogP contribution in [-0.4, -0.2) is 53.7 Å². The Hall–Kier alpha value is -2.14. The Balaban J connectivity index is 1.16. The van der Waals surface area contributed by atoms with Crippen LogP contribution in [0.1, 0.15) is 50.0 Å². The van der Waals surface area contributed by atoms with E-state index in [4.69, 9.17) is 4.42 Å². The Morgan fingerprint density at radius 3 is 2.53 bits per heavy atom. The van der Waals surface area contributed by atoms with Gasteiger partial charge in [-0.05, 0) is 56.6 Å². The van der Waals surface area contributed by atoms with Crippen LogP contribution < -0.4 is 5.32 Å². The number of nitrogens with zero attached hydrogens (tertiary/aromatic N) is 2. The summed E-state index contributed by atoms with van der Waals surface area (Å²) < 4.78 is 72.1. The number of hydrogen-bond donors (Lipinski definition) is 1. The van der Waals surface area contributed by atoms with Crippen molar-refractivity contribution in [1.29, 1.82) is 0 Å². The molecule has 0 radical (unpaired) electrons. The van der Waals surface area contributed by atoms with Crippen molar-refractivity contribution >= 4 is 27.0 Å². The zero-order chi connectivity index (χ0) is 22.7. The molecule has 2 aliphatic carbocycles. The van der Waals surface area contributed by atoms with E-state index in [0.29, 0.717) is 31.5 Å². The van der Waals surface area contributed by atoms with E-state index < -0.39 is 38.8 Å². The number of pyridine rings is 1. The number of aromatic nitrogens is 1. The van der Waals surface area contributed by atoms with Gasteiger partial charge in [-0.1, -0.05) is 0 Å².